The number of halogens is 2. The minimum atomic E-state index is -1.08. The summed E-state index contributed by atoms with van der Waals surface area (Å²) in [5, 5.41) is 10.6. The fraction of sp³-hybridized carbons (Fsp3) is 0.125. The van der Waals surface area contributed by atoms with E-state index in [1.165, 1.54) is 6.07 Å². The van der Waals surface area contributed by atoms with Crippen LogP contribution in [0.3, 0.4) is 0 Å². The fourth-order valence-electron chi connectivity index (χ4n) is 3.34. The second-order valence-electron chi connectivity index (χ2n) is 6.92. The Balaban J connectivity index is 1.64. The smallest absolute Gasteiger partial charge is 0.194 e. The predicted molar refractivity (Wildman–Crippen MR) is 121 cm³/mol. The Morgan fingerprint density at radius 2 is 1.81 bits per heavy atom. The lowest BCUT2D eigenvalue weighted by atomic mass is 10.1. The first-order valence-corrected chi connectivity index (χ1v) is 10.3. The first-order chi connectivity index (χ1) is 15.1. The molecule has 1 aromatic heterocycles. The van der Waals surface area contributed by atoms with Gasteiger partial charge in [-0.2, -0.15) is 5.26 Å². The van der Waals surface area contributed by atoms with Gasteiger partial charge in [-0.05, 0) is 35.9 Å². The van der Waals surface area contributed by atoms with E-state index in [4.69, 9.17) is 27.9 Å². The highest BCUT2D eigenvalue weighted by molar-refractivity contribution is 6.35. The highest BCUT2D eigenvalue weighted by Crippen LogP contribution is 2.28. The van der Waals surface area contributed by atoms with Crippen molar-refractivity contribution in [2.45, 2.75) is 12.5 Å². The number of aromatic nitrogens is 2. The van der Waals surface area contributed by atoms with Gasteiger partial charge in [-0.15, -0.1) is 0 Å². The number of carbonyl (C=O) groups is 1. The van der Waals surface area contributed by atoms with Crippen molar-refractivity contribution in [3.63, 3.8) is 0 Å². The maximum atomic E-state index is 12.9. The molecule has 4 aromatic rings. The molecule has 0 aliphatic carbocycles. The lowest BCUT2D eigenvalue weighted by Crippen LogP contribution is -2.22. The number of nitriles is 1. The summed E-state index contributed by atoms with van der Waals surface area (Å²) in [4.78, 5) is 17.5. The second kappa shape index (κ2) is 9.22. The van der Waals surface area contributed by atoms with Crippen LogP contribution in [0.2, 0.25) is 10.0 Å². The number of ketones is 1. The first-order valence-electron chi connectivity index (χ1n) is 9.56. The Labute approximate surface area is 189 Å². The van der Waals surface area contributed by atoms with Crippen molar-refractivity contribution in [3.05, 3.63) is 94.2 Å². The molecule has 31 heavy (non-hydrogen) atoms. The van der Waals surface area contributed by atoms with Crippen LogP contribution in [0.15, 0.2) is 72.8 Å². The maximum absolute atomic E-state index is 12.9. The summed E-state index contributed by atoms with van der Waals surface area (Å²) >= 11 is 12.0. The molecule has 154 valence electrons. The summed E-state index contributed by atoms with van der Waals surface area (Å²) in [5.41, 5.74) is 2.62. The Hall–Kier alpha value is -3.33. The van der Waals surface area contributed by atoms with E-state index < -0.39 is 11.7 Å². The van der Waals surface area contributed by atoms with E-state index >= 15 is 0 Å². The van der Waals surface area contributed by atoms with Crippen LogP contribution in [-0.2, 0) is 11.3 Å². The Morgan fingerprint density at radius 1 is 1.06 bits per heavy atom. The normalized spacial score (nSPS) is 11.8. The molecule has 0 bridgehead atoms. The van der Waals surface area contributed by atoms with Gasteiger partial charge in [0.15, 0.2) is 11.7 Å². The SMILES string of the molecule is N#C[C@@H](C(=O)COc1ccc(Cl)cc1Cl)c1nc2ccccc2n1Cc1ccccc1. The Kier molecular flexibility index (Phi) is 6.22. The quantitative estimate of drug-likeness (QED) is 0.365. The fourth-order valence-corrected chi connectivity index (χ4v) is 3.81. The van der Waals surface area contributed by atoms with Gasteiger partial charge in [0, 0.05) is 11.6 Å². The van der Waals surface area contributed by atoms with Crippen LogP contribution in [0.25, 0.3) is 11.0 Å². The molecular weight excluding hydrogens is 433 g/mol. The van der Waals surface area contributed by atoms with Crippen molar-refractivity contribution in [2.75, 3.05) is 6.61 Å². The van der Waals surface area contributed by atoms with Crippen molar-refractivity contribution >= 4 is 40.0 Å². The standard InChI is InChI=1S/C24H17Cl2N3O2/c25-17-10-11-23(19(26)12-17)31-15-22(30)18(13-27)24-28-20-8-4-5-9-21(20)29(24)14-16-6-2-1-3-7-16/h1-12,18H,14-15H2/t18-/m0/s1. The molecule has 0 radical (unpaired) electrons. The number of para-hydroxylation sites is 2. The number of ether oxygens (including phenoxy) is 1. The molecule has 1 atom stereocenters. The number of Topliss-reactive ketones (excluding diaryl/α,β-unsaturated/α-hetero) is 1. The molecule has 0 spiro atoms. The molecular formula is C24H17Cl2N3O2. The molecule has 0 fully saturated rings. The molecule has 0 amide bonds. The van der Waals surface area contributed by atoms with Crippen LogP contribution >= 0.6 is 23.2 Å². The van der Waals surface area contributed by atoms with E-state index in [0.717, 1.165) is 16.6 Å². The van der Waals surface area contributed by atoms with Crippen LogP contribution in [-0.4, -0.2) is 21.9 Å². The molecule has 3 aromatic carbocycles. The van der Waals surface area contributed by atoms with Crippen molar-refractivity contribution in [1.82, 2.24) is 9.55 Å². The number of benzene rings is 3. The third kappa shape index (κ3) is 4.56. The third-order valence-electron chi connectivity index (χ3n) is 4.84. The minimum Gasteiger partial charge on any atom is -0.484 e. The summed E-state index contributed by atoms with van der Waals surface area (Å²) in [5.74, 6) is -0.766. The predicted octanol–water partition coefficient (Wildman–Crippen LogP) is 5.65. The number of nitrogens with zero attached hydrogens (tertiary/aromatic N) is 3. The first kappa shape index (κ1) is 20.9. The lowest BCUT2D eigenvalue weighted by Gasteiger charge is -2.14. The maximum Gasteiger partial charge on any atom is 0.194 e. The number of imidazole rings is 1. The molecule has 7 heteroatoms. The number of hydrogen-bond donors (Lipinski definition) is 0. The van der Waals surface area contributed by atoms with Crippen molar-refractivity contribution < 1.29 is 9.53 Å². The van der Waals surface area contributed by atoms with Gasteiger partial charge in [-0.25, -0.2) is 4.98 Å². The van der Waals surface area contributed by atoms with Crippen LogP contribution in [0.4, 0.5) is 0 Å². The lowest BCUT2D eigenvalue weighted by molar-refractivity contribution is -0.121. The van der Waals surface area contributed by atoms with E-state index in [1.54, 1.807) is 12.1 Å². The molecule has 0 aliphatic heterocycles. The summed E-state index contributed by atoms with van der Waals surface area (Å²) < 4.78 is 7.47. The monoisotopic (exact) mass is 449 g/mol. The third-order valence-corrected chi connectivity index (χ3v) is 5.37. The van der Waals surface area contributed by atoms with Gasteiger partial charge in [0.05, 0.1) is 22.1 Å². The zero-order chi connectivity index (χ0) is 21.8. The number of hydrogen-bond acceptors (Lipinski definition) is 4. The zero-order valence-electron chi connectivity index (χ0n) is 16.3. The summed E-state index contributed by atoms with van der Waals surface area (Å²) in [6.45, 7) is 0.181. The van der Waals surface area contributed by atoms with Crippen LogP contribution in [0.1, 0.15) is 17.3 Å². The van der Waals surface area contributed by atoms with Gasteiger partial charge in [0.2, 0.25) is 0 Å². The van der Waals surface area contributed by atoms with E-state index in [0.29, 0.717) is 28.2 Å². The van der Waals surface area contributed by atoms with Crippen molar-refractivity contribution in [3.8, 4) is 11.8 Å². The molecule has 5 nitrogen and oxygen atoms in total. The van der Waals surface area contributed by atoms with Gasteiger partial charge >= 0.3 is 0 Å². The summed E-state index contributed by atoms with van der Waals surface area (Å²) in [6.07, 6.45) is 0. The van der Waals surface area contributed by atoms with E-state index in [1.807, 2.05) is 59.2 Å². The van der Waals surface area contributed by atoms with Crippen molar-refractivity contribution in [2.24, 2.45) is 0 Å². The van der Waals surface area contributed by atoms with Crippen LogP contribution < -0.4 is 4.74 Å². The number of rotatable bonds is 7. The van der Waals surface area contributed by atoms with E-state index in [9.17, 15) is 10.1 Å². The molecule has 0 saturated heterocycles. The van der Waals surface area contributed by atoms with E-state index in [2.05, 4.69) is 11.1 Å². The van der Waals surface area contributed by atoms with Crippen LogP contribution in [0, 0.1) is 11.3 Å². The summed E-state index contributed by atoms with van der Waals surface area (Å²) in [7, 11) is 0. The highest BCUT2D eigenvalue weighted by atomic mass is 35.5. The largest absolute Gasteiger partial charge is 0.484 e. The zero-order valence-corrected chi connectivity index (χ0v) is 17.8. The van der Waals surface area contributed by atoms with Gasteiger partial charge < -0.3 is 9.30 Å². The average molecular weight is 450 g/mol. The second-order valence-corrected chi connectivity index (χ2v) is 7.77. The highest BCUT2D eigenvalue weighted by Gasteiger charge is 2.27. The molecule has 0 N–H and O–H groups in total. The topological polar surface area (TPSA) is 67.9 Å². The van der Waals surface area contributed by atoms with Gasteiger partial charge in [0.25, 0.3) is 0 Å². The Morgan fingerprint density at radius 3 is 2.55 bits per heavy atom. The summed E-state index contributed by atoms with van der Waals surface area (Å²) in [6, 6.07) is 24.2. The van der Waals surface area contributed by atoms with Crippen LogP contribution in [0.5, 0.6) is 5.75 Å². The van der Waals surface area contributed by atoms with Gasteiger partial charge in [-0.3, -0.25) is 4.79 Å². The molecule has 0 aliphatic rings. The molecule has 0 unspecified atom stereocenters. The molecule has 4 rings (SSSR count). The average Bonchev–Trinajstić information content (AvgIpc) is 3.12. The number of carbonyl (C=O) groups excluding carboxylic acids is 1. The van der Waals surface area contributed by atoms with E-state index in [-0.39, 0.29) is 6.61 Å². The Bertz CT molecular complexity index is 1280. The molecule has 0 saturated carbocycles. The number of fused-ring (bicyclic) bond motifs is 1. The molecule has 1 heterocycles. The van der Waals surface area contributed by atoms with Gasteiger partial charge in [-0.1, -0.05) is 65.7 Å². The van der Waals surface area contributed by atoms with Gasteiger partial charge in [0.1, 0.15) is 18.2 Å². The van der Waals surface area contributed by atoms with Crippen molar-refractivity contribution in [1.29, 1.82) is 5.26 Å². The minimum absolute atomic E-state index is 0.296.